The summed E-state index contributed by atoms with van der Waals surface area (Å²) in [5.74, 6) is 0.449. The van der Waals surface area contributed by atoms with E-state index in [-0.39, 0.29) is 23.2 Å². The Morgan fingerprint density at radius 1 is 1.15 bits per heavy atom. The maximum absolute atomic E-state index is 12.2. The Morgan fingerprint density at radius 3 is 2.59 bits per heavy atom. The van der Waals surface area contributed by atoms with Gasteiger partial charge in [-0.1, -0.05) is 17.3 Å². The van der Waals surface area contributed by atoms with Gasteiger partial charge in [-0.25, -0.2) is 13.1 Å². The monoisotopic (exact) mass is 387 g/mol. The Hall–Kier alpha value is -2.91. The van der Waals surface area contributed by atoms with Crippen molar-refractivity contribution in [3.8, 4) is 11.5 Å². The molecule has 140 valence electrons. The lowest BCUT2D eigenvalue weighted by Crippen LogP contribution is -2.26. The van der Waals surface area contributed by atoms with E-state index in [1.54, 1.807) is 24.3 Å². The maximum atomic E-state index is 12.2. The van der Waals surface area contributed by atoms with Crippen molar-refractivity contribution in [2.45, 2.75) is 30.3 Å². The van der Waals surface area contributed by atoms with Gasteiger partial charge in [0.2, 0.25) is 15.8 Å². The third-order valence-electron chi connectivity index (χ3n) is 4.09. The Bertz CT molecular complexity index is 1040. The van der Waals surface area contributed by atoms with Gasteiger partial charge in [0.05, 0.1) is 11.2 Å². The predicted octanol–water partition coefficient (Wildman–Crippen LogP) is 2.31. The zero-order valence-electron chi connectivity index (χ0n) is 14.2. The van der Waals surface area contributed by atoms with E-state index in [1.807, 2.05) is 0 Å². The maximum Gasteiger partial charge on any atom is 0.273 e. The Balaban J connectivity index is 1.36. The average Bonchev–Trinajstić information content (AvgIpc) is 3.14. The van der Waals surface area contributed by atoms with E-state index in [0.29, 0.717) is 11.5 Å². The Morgan fingerprint density at radius 2 is 1.93 bits per heavy atom. The summed E-state index contributed by atoms with van der Waals surface area (Å²) >= 11 is 0. The molecule has 0 spiro atoms. The predicted molar refractivity (Wildman–Crippen MR) is 95.2 cm³/mol. The molecule has 1 aliphatic carbocycles. The van der Waals surface area contributed by atoms with Gasteiger partial charge < -0.3 is 14.3 Å². The van der Waals surface area contributed by atoms with Crippen molar-refractivity contribution in [3.05, 3.63) is 60.0 Å². The van der Waals surface area contributed by atoms with Crippen molar-refractivity contribution in [1.82, 2.24) is 15.2 Å². The molecular formula is C18H17N3O5S. The highest BCUT2D eigenvalue weighted by Gasteiger charge is 2.27. The summed E-state index contributed by atoms with van der Waals surface area (Å²) in [4.78, 5) is 12.4. The molecule has 2 aromatic heterocycles. The zero-order valence-corrected chi connectivity index (χ0v) is 15.0. The molecule has 0 saturated heterocycles. The molecule has 1 aromatic carbocycles. The fourth-order valence-corrected chi connectivity index (χ4v) is 3.77. The van der Waals surface area contributed by atoms with Gasteiger partial charge in [0.1, 0.15) is 0 Å². The van der Waals surface area contributed by atoms with Crippen LogP contribution in [0.1, 0.15) is 28.9 Å². The van der Waals surface area contributed by atoms with Crippen molar-refractivity contribution in [3.63, 3.8) is 0 Å². The molecular weight excluding hydrogens is 370 g/mol. The molecule has 1 fully saturated rings. The number of hydrogen-bond donors (Lipinski definition) is 2. The topological polar surface area (TPSA) is 114 Å². The van der Waals surface area contributed by atoms with Gasteiger partial charge in [0.15, 0.2) is 11.5 Å². The second-order valence-electron chi connectivity index (χ2n) is 6.28. The fraction of sp³-hybridized carbons (Fsp3) is 0.222. The van der Waals surface area contributed by atoms with E-state index in [2.05, 4.69) is 15.2 Å². The van der Waals surface area contributed by atoms with E-state index in [9.17, 15) is 13.2 Å². The third kappa shape index (κ3) is 4.09. The lowest BCUT2D eigenvalue weighted by atomic mass is 10.2. The first-order valence-corrected chi connectivity index (χ1v) is 9.90. The highest BCUT2D eigenvalue weighted by Crippen LogP contribution is 2.22. The van der Waals surface area contributed by atoms with Crippen molar-refractivity contribution in [1.29, 1.82) is 0 Å². The molecule has 2 heterocycles. The number of sulfonamides is 1. The van der Waals surface area contributed by atoms with Crippen molar-refractivity contribution >= 4 is 15.9 Å². The van der Waals surface area contributed by atoms with Crippen LogP contribution in [0.2, 0.25) is 0 Å². The number of nitrogens with one attached hydrogen (secondary N) is 2. The van der Waals surface area contributed by atoms with Gasteiger partial charge in [0, 0.05) is 18.7 Å². The molecule has 0 bridgehead atoms. The Labute approximate surface area is 155 Å². The smallest absolute Gasteiger partial charge is 0.273 e. The van der Waals surface area contributed by atoms with Gasteiger partial charge in [-0.2, -0.15) is 0 Å². The number of carbonyl (C=O) groups is 1. The molecule has 0 atom stereocenters. The third-order valence-corrected chi connectivity index (χ3v) is 5.63. The van der Waals surface area contributed by atoms with Crippen molar-refractivity contribution < 1.29 is 22.2 Å². The molecule has 1 amide bonds. The van der Waals surface area contributed by atoms with Crippen LogP contribution < -0.4 is 10.0 Å². The van der Waals surface area contributed by atoms with Gasteiger partial charge in [-0.05, 0) is 42.7 Å². The number of amides is 1. The molecule has 2 N–H and O–H groups in total. The molecule has 3 aromatic rings. The van der Waals surface area contributed by atoms with E-state index in [0.717, 1.165) is 18.4 Å². The number of hydrogen-bond acceptors (Lipinski definition) is 6. The number of aromatic nitrogens is 1. The van der Waals surface area contributed by atoms with Crippen LogP contribution in [0.5, 0.6) is 0 Å². The minimum Gasteiger partial charge on any atom is -0.461 e. The van der Waals surface area contributed by atoms with Crippen LogP contribution in [0.25, 0.3) is 11.5 Å². The quantitative estimate of drug-likeness (QED) is 0.643. The number of furan rings is 1. The second-order valence-corrected chi connectivity index (χ2v) is 7.99. The summed E-state index contributed by atoms with van der Waals surface area (Å²) in [6.07, 6.45) is 3.27. The van der Waals surface area contributed by atoms with Crippen LogP contribution in [0, 0.1) is 0 Å². The summed E-state index contributed by atoms with van der Waals surface area (Å²) in [6.45, 7) is 0.234. The molecule has 9 heteroatoms. The van der Waals surface area contributed by atoms with Crippen LogP contribution in [0.4, 0.5) is 0 Å². The largest absolute Gasteiger partial charge is 0.461 e. The molecule has 4 rings (SSSR count). The van der Waals surface area contributed by atoms with E-state index in [1.165, 1.54) is 24.5 Å². The first-order valence-electron chi connectivity index (χ1n) is 8.41. The molecule has 1 aliphatic rings. The van der Waals surface area contributed by atoms with Gasteiger partial charge in [-0.15, -0.1) is 0 Å². The van der Waals surface area contributed by atoms with Crippen LogP contribution in [-0.4, -0.2) is 25.5 Å². The second kappa shape index (κ2) is 7.01. The SMILES string of the molecule is O=C(NCc1ccc(S(=O)(=O)NC2CC2)cc1)c1cc(-c2ccco2)on1. The van der Waals surface area contributed by atoms with Gasteiger partial charge in [0.25, 0.3) is 5.91 Å². The number of nitrogens with zero attached hydrogens (tertiary/aromatic N) is 1. The highest BCUT2D eigenvalue weighted by atomic mass is 32.2. The summed E-state index contributed by atoms with van der Waals surface area (Å²) in [7, 11) is -3.48. The zero-order chi connectivity index (χ0) is 18.9. The number of benzene rings is 1. The van der Waals surface area contributed by atoms with Crippen molar-refractivity contribution in [2.24, 2.45) is 0 Å². The summed E-state index contributed by atoms with van der Waals surface area (Å²) in [5, 5.41) is 6.45. The summed E-state index contributed by atoms with van der Waals surface area (Å²) in [6, 6.07) is 11.3. The Kier molecular flexibility index (Phi) is 4.54. The number of carbonyl (C=O) groups excluding carboxylic acids is 1. The standard InChI is InChI=1S/C18H17N3O5S/c22-18(15-10-17(26-20-15)16-2-1-9-25-16)19-11-12-3-7-14(8-4-12)27(23,24)21-13-5-6-13/h1-4,7-10,13,21H,5-6,11H2,(H,19,22). The first-order chi connectivity index (χ1) is 13.0. The lowest BCUT2D eigenvalue weighted by molar-refractivity contribution is 0.0942. The van der Waals surface area contributed by atoms with Gasteiger partial charge >= 0.3 is 0 Å². The minimum absolute atomic E-state index is 0.0579. The van der Waals surface area contributed by atoms with E-state index in [4.69, 9.17) is 8.94 Å². The minimum atomic E-state index is -3.48. The molecule has 8 nitrogen and oxygen atoms in total. The van der Waals surface area contributed by atoms with Gasteiger partial charge in [-0.3, -0.25) is 4.79 Å². The van der Waals surface area contributed by atoms with E-state index >= 15 is 0 Å². The molecule has 0 aliphatic heterocycles. The molecule has 1 saturated carbocycles. The molecule has 0 unspecified atom stereocenters. The van der Waals surface area contributed by atoms with Crippen LogP contribution in [0.15, 0.2) is 62.6 Å². The lowest BCUT2D eigenvalue weighted by Gasteiger charge is -2.07. The van der Waals surface area contributed by atoms with Crippen LogP contribution >= 0.6 is 0 Å². The fourth-order valence-electron chi connectivity index (χ4n) is 2.47. The first kappa shape index (κ1) is 17.5. The summed E-state index contributed by atoms with van der Waals surface area (Å²) < 4.78 is 37.2. The van der Waals surface area contributed by atoms with Crippen LogP contribution in [0.3, 0.4) is 0 Å². The number of rotatable bonds is 7. The summed E-state index contributed by atoms with van der Waals surface area (Å²) in [5.41, 5.74) is 0.901. The van der Waals surface area contributed by atoms with Crippen molar-refractivity contribution in [2.75, 3.05) is 0 Å². The van der Waals surface area contributed by atoms with E-state index < -0.39 is 15.9 Å². The normalized spacial score (nSPS) is 14.2. The molecule has 0 radical (unpaired) electrons. The van der Waals surface area contributed by atoms with Crippen LogP contribution in [-0.2, 0) is 16.6 Å². The average molecular weight is 387 g/mol. The highest BCUT2D eigenvalue weighted by molar-refractivity contribution is 7.89. The molecule has 27 heavy (non-hydrogen) atoms.